The van der Waals surface area contributed by atoms with Gasteiger partial charge in [-0.15, -0.1) is 0 Å². The molecule has 0 rings (SSSR count). The van der Waals surface area contributed by atoms with Crippen molar-refractivity contribution in [1.82, 2.24) is 0 Å². The van der Waals surface area contributed by atoms with E-state index in [1.54, 1.807) is 0 Å². The molecule has 0 aliphatic carbocycles. The summed E-state index contributed by atoms with van der Waals surface area (Å²) in [7, 11) is 1.36. The Balaban J connectivity index is 3.60. The van der Waals surface area contributed by atoms with Crippen LogP contribution in [-0.4, -0.2) is 70.7 Å². The van der Waals surface area contributed by atoms with Gasteiger partial charge >= 0.3 is 5.97 Å². The zero-order valence-corrected chi connectivity index (χ0v) is 28.4. The highest BCUT2D eigenvalue weighted by Gasteiger charge is 2.19. The molecule has 2 atom stereocenters. The Hall–Kier alpha value is -0.500. The maximum atomic E-state index is 12.0. The highest BCUT2D eigenvalue weighted by Crippen LogP contribution is 2.38. The van der Waals surface area contributed by atoms with Crippen LogP contribution >= 0.6 is 7.82 Å². The lowest BCUT2D eigenvalue weighted by Crippen LogP contribution is -2.37. The smallest absolute Gasteiger partial charge is 0.303 e. The zero-order valence-electron chi connectivity index (χ0n) is 27.5. The fourth-order valence-electron chi connectivity index (χ4n) is 4.66. The highest BCUT2D eigenvalue weighted by atomic mass is 31.2. The topological polar surface area (TPSA) is 94.1 Å². The third-order valence-corrected chi connectivity index (χ3v) is 8.17. The van der Waals surface area contributed by atoms with Crippen molar-refractivity contribution in [2.45, 2.75) is 148 Å². The number of carbonyl (C=O) groups excluding carboxylic acids is 1. The van der Waals surface area contributed by atoms with Gasteiger partial charge in [0.2, 0.25) is 0 Å². The molecule has 0 aromatic heterocycles. The maximum Gasteiger partial charge on any atom is 0.303 e. The van der Waals surface area contributed by atoms with Crippen molar-refractivity contribution in [2.24, 2.45) is 0 Å². The van der Waals surface area contributed by atoms with Gasteiger partial charge < -0.3 is 27.9 Å². The lowest BCUT2D eigenvalue weighted by Gasteiger charge is -2.28. The summed E-state index contributed by atoms with van der Waals surface area (Å²) in [6.45, 7) is 4.43. The molecule has 0 fully saturated rings. The predicted octanol–water partition coefficient (Wildman–Crippen LogP) is 7.96. The maximum absolute atomic E-state index is 12.0. The van der Waals surface area contributed by atoms with E-state index in [9.17, 15) is 14.3 Å². The molecule has 0 aromatic rings. The normalized spacial score (nSPS) is 14.2. The second-order valence-electron chi connectivity index (χ2n) is 12.6. The van der Waals surface area contributed by atoms with Crippen molar-refractivity contribution in [3.05, 3.63) is 0 Å². The SMILES string of the molecule is CCCCCCCCCCCCCCCCCCCCCCOC[C@H](COP(=O)([O-])OCC[N+](C)(C)C)OC(C)=O. The Morgan fingerprint density at radius 1 is 0.659 bits per heavy atom. The molecule has 0 aliphatic rings. The number of phosphoric ester groups is 1. The van der Waals surface area contributed by atoms with E-state index in [-0.39, 0.29) is 19.8 Å². The number of hydrogen-bond acceptors (Lipinski definition) is 7. The Kier molecular flexibility index (Phi) is 26.7. The van der Waals surface area contributed by atoms with E-state index in [2.05, 4.69) is 6.92 Å². The van der Waals surface area contributed by atoms with Crippen LogP contribution in [0, 0.1) is 0 Å². The summed E-state index contributed by atoms with van der Waals surface area (Å²) in [5.74, 6) is -0.507. The molecule has 0 bridgehead atoms. The second-order valence-corrected chi connectivity index (χ2v) is 14.0. The first kappa shape index (κ1) is 40.5. The Morgan fingerprint density at radius 3 is 1.46 bits per heavy atom. The summed E-state index contributed by atoms with van der Waals surface area (Å²) in [5.41, 5.74) is 0. The molecule has 1 unspecified atom stereocenters. The summed E-state index contributed by atoms with van der Waals surface area (Å²) >= 11 is 0. The average molecular weight is 608 g/mol. The van der Waals surface area contributed by atoms with Gasteiger partial charge in [-0.1, -0.05) is 129 Å². The highest BCUT2D eigenvalue weighted by molar-refractivity contribution is 7.45. The van der Waals surface area contributed by atoms with Gasteiger partial charge in [0, 0.05) is 13.5 Å². The van der Waals surface area contributed by atoms with Gasteiger partial charge in [0.15, 0.2) is 0 Å². The van der Waals surface area contributed by atoms with E-state index in [1.807, 2.05) is 21.1 Å². The van der Waals surface area contributed by atoms with Crippen LogP contribution in [0.1, 0.15) is 142 Å². The van der Waals surface area contributed by atoms with Crippen molar-refractivity contribution < 1.29 is 37.3 Å². The number of hydrogen-bond donors (Lipinski definition) is 0. The van der Waals surface area contributed by atoms with Crippen molar-refractivity contribution in [3.8, 4) is 0 Å². The summed E-state index contributed by atoms with van der Waals surface area (Å²) in [6.07, 6.45) is 26.0. The van der Waals surface area contributed by atoms with Gasteiger partial charge in [0.1, 0.15) is 19.3 Å². The molecular weight excluding hydrogens is 541 g/mol. The summed E-state index contributed by atoms with van der Waals surface area (Å²) in [4.78, 5) is 23.3. The Morgan fingerprint density at radius 2 is 1.07 bits per heavy atom. The van der Waals surface area contributed by atoms with E-state index >= 15 is 0 Å². The van der Waals surface area contributed by atoms with Gasteiger partial charge in [-0.05, 0) is 6.42 Å². The molecule has 0 radical (unpaired) electrons. The van der Waals surface area contributed by atoms with Crippen molar-refractivity contribution in [1.29, 1.82) is 0 Å². The van der Waals surface area contributed by atoms with Gasteiger partial charge in [0.25, 0.3) is 7.82 Å². The molecule has 0 saturated carbocycles. The van der Waals surface area contributed by atoms with Crippen LogP contribution in [0.15, 0.2) is 0 Å². The van der Waals surface area contributed by atoms with E-state index in [4.69, 9.17) is 18.5 Å². The summed E-state index contributed by atoms with van der Waals surface area (Å²) < 4.78 is 33.1. The minimum Gasteiger partial charge on any atom is -0.756 e. The third kappa shape index (κ3) is 32.3. The van der Waals surface area contributed by atoms with Gasteiger partial charge in [-0.3, -0.25) is 9.36 Å². The van der Waals surface area contributed by atoms with Crippen LogP contribution in [0.5, 0.6) is 0 Å². The van der Waals surface area contributed by atoms with Gasteiger partial charge in [0.05, 0.1) is 34.4 Å². The molecule has 0 spiro atoms. The number of quaternary nitrogens is 1. The van der Waals surface area contributed by atoms with Crippen LogP contribution in [0.2, 0.25) is 0 Å². The minimum absolute atomic E-state index is 0.0262. The van der Waals surface area contributed by atoms with Crippen molar-refractivity contribution in [2.75, 3.05) is 54.1 Å². The lowest BCUT2D eigenvalue weighted by atomic mass is 10.0. The summed E-state index contributed by atoms with van der Waals surface area (Å²) in [5, 5.41) is 0. The first-order valence-electron chi connectivity index (χ1n) is 16.7. The number of rotatable bonds is 31. The van der Waals surface area contributed by atoms with E-state index in [1.165, 1.54) is 122 Å². The predicted molar refractivity (Wildman–Crippen MR) is 167 cm³/mol. The first-order valence-corrected chi connectivity index (χ1v) is 18.2. The number of phosphoric acid groups is 1. The number of esters is 1. The Bertz CT molecular complexity index is 642. The zero-order chi connectivity index (χ0) is 30.7. The molecule has 41 heavy (non-hydrogen) atoms. The minimum atomic E-state index is -4.46. The molecule has 8 nitrogen and oxygen atoms in total. The molecule has 0 aromatic carbocycles. The molecule has 9 heteroatoms. The van der Waals surface area contributed by atoms with E-state index < -0.39 is 19.9 Å². The number of nitrogens with zero attached hydrogens (tertiary/aromatic N) is 1. The van der Waals surface area contributed by atoms with Crippen LogP contribution in [0.25, 0.3) is 0 Å². The van der Waals surface area contributed by atoms with Crippen LogP contribution in [0.3, 0.4) is 0 Å². The molecule has 0 aliphatic heterocycles. The van der Waals surface area contributed by atoms with Crippen molar-refractivity contribution in [3.63, 3.8) is 0 Å². The molecular formula is C32H66NO7P. The first-order chi connectivity index (χ1) is 19.6. The van der Waals surface area contributed by atoms with Crippen LogP contribution in [-0.2, 0) is 27.9 Å². The standard InChI is InChI=1S/C32H66NO7P/c1-6-7-8-9-10-11-12-13-14-15-16-17-18-19-20-21-22-23-24-25-27-37-29-32(40-31(2)34)30-39-41(35,36)38-28-26-33(3,4)5/h32H,6-30H2,1-5H3/t32-/m1/s1. The molecule has 0 N–H and O–H groups in total. The molecule has 0 amide bonds. The van der Waals surface area contributed by atoms with Crippen molar-refractivity contribution >= 4 is 13.8 Å². The van der Waals surface area contributed by atoms with Crippen LogP contribution in [0.4, 0.5) is 0 Å². The largest absolute Gasteiger partial charge is 0.756 e. The number of ether oxygens (including phenoxy) is 2. The molecule has 246 valence electrons. The second kappa shape index (κ2) is 27.1. The number of likely N-dealkylation sites (N-methyl/N-ethyl adjacent to an activating group) is 1. The quantitative estimate of drug-likeness (QED) is 0.0341. The molecule has 0 heterocycles. The number of carbonyl (C=O) groups is 1. The van der Waals surface area contributed by atoms with Gasteiger partial charge in [-0.25, -0.2) is 0 Å². The van der Waals surface area contributed by atoms with E-state index in [0.29, 0.717) is 17.6 Å². The average Bonchev–Trinajstić information content (AvgIpc) is 2.89. The number of unbranched alkanes of at least 4 members (excludes halogenated alkanes) is 19. The fourth-order valence-corrected chi connectivity index (χ4v) is 5.39. The van der Waals surface area contributed by atoms with Gasteiger partial charge in [-0.2, -0.15) is 0 Å². The lowest BCUT2D eigenvalue weighted by molar-refractivity contribution is -0.870. The monoisotopic (exact) mass is 607 g/mol. The summed E-state index contributed by atoms with van der Waals surface area (Å²) in [6, 6.07) is 0. The van der Waals surface area contributed by atoms with Crippen LogP contribution < -0.4 is 4.89 Å². The fraction of sp³-hybridized carbons (Fsp3) is 0.969. The van der Waals surface area contributed by atoms with E-state index in [0.717, 1.165) is 12.8 Å². The third-order valence-electron chi connectivity index (χ3n) is 7.21. The Labute approximate surface area is 253 Å². The molecule has 0 saturated heterocycles.